The molecular weight excluding hydrogens is 360 g/mol. The van der Waals surface area contributed by atoms with Crippen LogP contribution in [0, 0.1) is 0 Å². The number of anilines is 1. The van der Waals surface area contributed by atoms with Crippen molar-refractivity contribution in [1.29, 1.82) is 0 Å². The Bertz CT molecular complexity index is 678. The number of halogens is 1. The highest BCUT2D eigenvalue weighted by Crippen LogP contribution is 2.28. The number of aromatic amines is 1. The molecule has 2 aromatic rings. The van der Waals surface area contributed by atoms with E-state index in [2.05, 4.69) is 36.8 Å². The van der Waals surface area contributed by atoms with Gasteiger partial charge in [-0.05, 0) is 24.1 Å². The van der Waals surface area contributed by atoms with Crippen LogP contribution in [0.1, 0.15) is 12.5 Å². The maximum Gasteiger partial charge on any atom is 0.256 e. The predicted octanol–water partition coefficient (Wildman–Crippen LogP) is 2.33. The zero-order valence-corrected chi connectivity index (χ0v) is 14.4. The summed E-state index contributed by atoms with van der Waals surface area (Å²) < 4.78 is 6.49. The van der Waals surface area contributed by atoms with Crippen molar-refractivity contribution >= 4 is 27.7 Å². The van der Waals surface area contributed by atoms with E-state index in [1.54, 1.807) is 0 Å². The van der Waals surface area contributed by atoms with Crippen LogP contribution in [0.2, 0.25) is 0 Å². The standard InChI is InChI=1S/C16H19BrN4O2/c1-2-12-14(10-3-5-11(17)6-4-10)20-21-15(12)19-16(22)13-9-18-7-8-23-13/h3-6,13,18H,2,7-9H2,1H3,(H2,19,20,21,22)/t13-/m1/s1. The fraction of sp³-hybridized carbons (Fsp3) is 0.375. The first-order chi connectivity index (χ1) is 11.2. The van der Waals surface area contributed by atoms with Crippen molar-refractivity contribution in [3.05, 3.63) is 34.3 Å². The van der Waals surface area contributed by atoms with E-state index in [1.807, 2.05) is 31.2 Å². The van der Waals surface area contributed by atoms with Crippen LogP contribution >= 0.6 is 15.9 Å². The molecule has 2 heterocycles. The lowest BCUT2D eigenvalue weighted by atomic mass is 10.1. The Morgan fingerprint density at radius 3 is 2.87 bits per heavy atom. The number of H-pyrrole nitrogens is 1. The van der Waals surface area contributed by atoms with Crippen LogP contribution in [0.3, 0.4) is 0 Å². The second-order valence-electron chi connectivity index (χ2n) is 5.34. The summed E-state index contributed by atoms with van der Waals surface area (Å²) >= 11 is 3.43. The largest absolute Gasteiger partial charge is 0.366 e. The van der Waals surface area contributed by atoms with Crippen molar-refractivity contribution in [1.82, 2.24) is 15.5 Å². The first-order valence-electron chi connectivity index (χ1n) is 7.65. The molecule has 1 aromatic heterocycles. The minimum absolute atomic E-state index is 0.166. The van der Waals surface area contributed by atoms with E-state index in [0.717, 1.165) is 34.3 Å². The number of ether oxygens (including phenoxy) is 1. The van der Waals surface area contributed by atoms with Crippen LogP contribution in [0.4, 0.5) is 5.82 Å². The van der Waals surface area contributed by atoms with Crippen LogP contribution in [-0.4, -0.2) is 41.9 Å². The molecule has 6 nitrogen and oxygen atoms in total. The molecular formula is C16H19BrN4O2. The molecule has 0 radical (unpaired) electrons. The van der Waals surface area contributed by atoms with Crippen molar-refractivity contribution in [2.45, 2.75) is 19.4 Å². The molecule has 0 saturated carbocycles. The Kier molecular flexibility index (Phi) is 5.09. The first kappa shape index (κ1) is 16.2. The highest BCUT2D eigenvalue weighted by Gasteiger charge is 2.24. The van der Waals surface area contributed by atoms with Crippen LogP contribution in [0.25, 0.3) is 11.3 Å². The summed E-state index contributed by atoms with van der Waals surface area (Å²) in [4.78, 5) is 12.3. The van der Waals surface area contributed by atoms with Gasteiger partial charge in [-0.15, -0.1) is 0 Å². The summed E-state index contributed by atoms with van der Waals surface area (Å²) in [7, 11) is 0. The van der Waals surface area contributed by atoms with Gasteiger partial charge < -0.3 is 15.4 Å². The molecule has 23 heavy (non-hydrogen) atoms. The Morgan fingerprint density at radius 1 is 1.43 bits per heavy atom. The molecule has 0 bridgehead atoms. The number of carbonyl (C=O) groups is 1. The maximum absolute atomic E-state index is 12.3. The molecule has 1 aliphatic rings. The Balaban J connectivity index is 1.80. The highest BCUT2D eigenvalue weighted by molar-refractivity contribution is 9.10. The Morgan fingerprint density at radius 2 is 2.22 bits per heavy atom. The van der Waals surface area contributed by atoms with Gasteiger partial charge in [0, 0.05) is 23.1 Å². The maximum atomic E-state index is 12.3. The third-order valence-corrected chi connectivity index (χ3v) is 4.34. The number of rotatable bonds is 4. The van der Waals surface area contributed by atoms with E-state index >= 15 is 0 Å². The summed E-state index contributed by atoms with van der Waals surface area (Å²) in [6.45, 7) is 3.89. The van der Waals surface area contributed by atoms with Crippen molar-refractivity contribution in [3.8, 4) is 11.3 Å². The molecule has 0 spiro atoms. The lowest BCUT2D eigenvalue weighted by Gasteiger charge is -2.22. The van der Waals surface area contributed by atoms with Gasteiger partial charge in [-0.2, -0.15) is 5.10 Å². The smallest absolute Gasteiger partial charge is 0.256 e. The lowest BCUT2D eigenvalue weighted by molar-refractivity contribution is -0.128. The van der Waals surface area contributed by atoms with Gasteiger partial charge in [0.05, 0.1) is 12.3 Å². The number of hydrogen-bond donors (Lipinski definition) is 3. The average molecular weight is 379 g/mol. The van der Waals surface area contributed by atoms with Crippen LogP contribution < -0.4 is 10.6 Å². The van der Waals surface area contributed by atoms with Crippen LogP contribution in [-0.2, 0) is 16.0 Å². The predicted molar refractivity (Wildman–Crippen MR) is 92.3 cm³/mol. The Hall–Kier alpha value is -1.70. The normalized spacial score (nSPS) is 17.9. The van der Waals surface area contributed by atoms with Crippen molar-refractivity contribution in [2.75, 3.05) is 25.0 Å². The number of hydrogen-bond acceptors (Lipinski definition) is 4. The van der Waals surface area contributed by atoms with Crippen LogP contribution in [0.5, 0.6) is 0 Å². The molecule has 1 amide bonds. The Labute approximate surface area is 143 Å². The van der Waals surface area contributed by atoms with Gasteiger partial charge in [0.25, 0.3) is 5.91 Å². The zero-order valence-electron chi connectivity index (χ0n) is 12.9. The van der Waals surface area contributed by atoms with Gasteiger partial charge >= 0.3 is 0 Å². The lowest BCUT2D eigenvalue weighted by Crippen LogP contribution is -2.45. The molecule has 1 aliphatic heterocycles. The van der Waals surface area contributed by atoms with Gasteiger partial charge in [0.2, 0.25) is 0 Å². The second kappa shape index (κ2) is 7.25. The van der Waals surface area contributed by atoms with Gasteiger partial charge in [-0.1, -0.05) is 35.0 Å². The molecule has 1 fully saturated rings. The minimum Gasteiger partial charge on any atom is -0.366 e. The fourth-order valence-corrected chi connectivity index (χ4v) is 2.86. The summed E-state index contributed by atoms with van der Waals surface area (Å²) in [5.41, 5.74) is 2.95. The second-order valence-corrected chi connectivity index (χ2v) is 6.25. The molecule has 1 atom stereocenters. The minimum atomic E-state index is -0.471. The number of benzene rings is 1. The van der Waals surface area contributed by atoms with E-state index in [4.69, 9.17) is 4.74 Å². The monoisotopic (exact) mass is 378 g/mol. The highest BCUT2D eigenvalue weighted by atomic mass is 79.9. The first-order valence-corrected chi connectivity index (χ1v) is 8.44. The third kappa shape index (κ3) is 3.63. The number of nitrogens with one attached hydrogen (secondary N) is 3. The summed E-state index contributed by atoms with van der Waals surface area (Å²) in [5, 5.41) is 13.3. The summed E-state index contributed by atoms with van der Waals surface area (Å²) in [6, 6.07) is 7.98. The van der Waals surface area contributed by atoms with E-state index in [0.29, 0.717) is 19.0 Å². The summed E-state index contributed by atoms with van der Waals surface area (Å²) in [6.07, 6.45) is 0.294. The molecule has 7 heteroatoms. The number of aromatic nitrogens is 2. The fourth-order valence-electron chi connectivity index (χ4n) is 2.60. The summed E-state index contributed by atoms with van der Waals surface area (Å²) in [5.74, 6) is 0.408. The molecule has 0 aliphatic carbocycles. The number of carbonyl (C=O) groups excluding carboxylic acids is 1. The SMILES string of the molecule is CCc1c(NC(=O)[C@H]2CNCCO2)n[nH]c1-c1ccc(Br)cc1. The molecule has 3 N–H and O–H groups in total. The number of morpholine rings is 1. The van der Waals surface area contributed by atoms with Gasteiger partial charge in [0.1, 0.15) is 6.10 Å². The zero-order chi connectivity index (χ0) is 16.2. The van der Waals surface area contributed by atoms with Gasteiger partial charge in [-0.25, -0.2) is 0 Å². The molecule has 0 unspecified atom stereocenters. The topological polar surface area (TPSA) is 79.0 Å². The van der Waals surface area contributed by atoms with Gasteiger partial charge in [-0.3, -0.25) is 9.89 Å². The van der Waals surface area contributed by atoms with Crippen LogP contribution in [0.15, 0.2) is 28.7 Å². The van der Waals surface area contributed by atoms with E-state index in [-0.39, 0.29) is 5.91 Å². The number of amides is 1. The quantitative estimate of drug-likeness (QED) is 0.762. The van der Waals surface area contributed by atoms with E-state index in [1.165, 1.54) is 0 Å². The van der Waals surface area contributed by atoms with Crippen molar-refractivity contribution in [3.63, 3.8) is 0 Å². The van der Waals surface area contributed by atoms with E-state index < -0.39 is 6.10 Å². The van der Waals surface area contributed by atoms with Gasteiger partial charge in [0.15, 0.2) is 5.82 Å². The van der Waals surface area contributed by atoms with E-state index in [9.17, 15) is 4.79 Å². The molecule has 1 aromatic carbocycles. The van der Waals surface area contributed by atoms with Crippen molar-refractivity contribution in [2.24, 2.45) is 0 Å². The average Bonchev–Trinajstić information content (AvgIpc) is 2.99. The molecule has 1 saturated heterocycles. The molecule has 122 valence electrons. The molecule has 3 rings (SSSR count). The van der Waals surface area contributed by atoms with Crippen molar-refractivity contribution < 1.29 is 9.53 Å². The third-order valence-electron chi connectivity index (χ3n) is 3.82. The number of nitrogens with zero attached hydrogens (tertiary/aromatic N) is 1.